The van der Waals surface area contributed by atoms with Crippen LogP contribution in [-0.4, -0.2) is 29.4 Å². The molecule has 1 heterocycles. The Balaban J connectivity index is 1.55. The first-order chi connectivity index (χ1) is 12.5. The van der Waals surface area contributed by atoms with Crippen LogP contribution in [0.15, 0.2) is 36.4 Å². The Morgan fingerprint density at radius 3 is 2.46 bits per heavy atom. The molecule has 0 aliphatic heterocycles. The number of aromatic nitrogens is 1. The van der Waals surface area contributed by atoms with E-state index in [2.05, 4.69) is 15.6 Å². The van der Waals surface area contributed by atoms with Gasteiger partial charge in [-0.2, -0.15) is 0 Å². The lowest BCUT2D eigenvalue weighted by molar-refractivity contribution is -0.0439. The van der Waals surface area contributed by atoms with Crippen molar-refractivity contribution in [1.82, 2.24) is 15.6 Å². The molecule has 2 bridgehead atoms. The van der Waals surface area contributed by atoms with Gasteiger partial charge in [0.15, 0.2) is 5.75 Å². The number of hydrogen-bond acceptors (Lipinski definition) is 3. The van der Waals surface area contributed by atoms with Crippen LogP contribution in [0.5, 0.6) is 5.75 Å². The summed E-state index contributed by atoms with van der Waals surface area (Å²) in [5.41, 5.74) is 1.59. The van der Waals surface area contributed by atoms with Crippen LogP contribution in [0, 0.1) is 5.92 Å². The molecule has 0 saturated heterocycles. The Kier molecular flexibility index (Phi) is 3.98. The standard InChI is InChI=1S/C20H23N3O3/c1-12(14-6-4-3-5-7-14)26-16-8-15(22-17(16)19(25)21-2)18(24)23-20-9-13(10-20)11-20/h3-8,12-13,22H,9-11H2,1-2H3,(H,21,25)(H,23,24). The number of benzene rings is 1. The number of amides is 2. The number of nitrogens with one attached hydrogen (secondary N) is 3. The predicted molar refractivity (Wildman–Crippen MR) is 97.2 cm³/mol. The zero-order valence-corrected chi connectivity index (χ0v) is 15.0. The lowest BCUT2D eigenvalue weighted by Gasteiger charge is -2.61. The van der Waals surface area contributed by atoms with Crippen molar-refractivity contribution in [1.29, 1.82) is 0 Å². The van der Waals surface area contributed by atoms with Crippen molar-refractivity contribution in [2.24, 2.45) is 5.92 Å². The van der Waals surface area contributed by atoms with E-state index >= 15 is 0 Å². The predicted octanol–water partition coefficient (Wildman–Crippen LogP) is 2.80. The fourth-order valence-electron chi connectivity index (χ4n) is 3.87. The van der Waals surface area contributed by atoms with Gasteiger partial charge in [-0.3, -0.25) is 9.59 Å². The minimum Gasteiger partial charge on any atom is -0.484 e. The number of aromatic amines is 1. The van der Waals surface area contributed by atoms with E-state index in [9.17, 15) is 9.59 Å². The molecule has 3 saturated carbocycles. The van der Waals surface area contributed by atoms with E-state index in [1.165, 1.54) is 0 Å². The van der Waals surface area contributed by atoms with Gasteiger partial charge in [0.2, 0.25) is 0 Å². The summed E-state index contributed by atoms with van der Waals surface area (Å²) in [6.45, 7) is 1.91. The van der Waals surface area contributed by atoms with Gasteiger partial charge in [-0.05, 0) is 37.7 Å². The van der Waals surface area contributed by atoms with Crippen LogP contribution in [0.4, 0.5) is 0 Å². The summed E-state index contributed by atoms with van der Waals surface area (Å²) in [5.74, 6) is 0.662. The average molecular weight is 353 g/mol. The van der Waals surface area contributed by atoms with Crippen molar-refractivity contribution >= 4 is 11.8 Å². The van der Waals surface area contributed by atoms with Crippen LogP contribution in [0.1, 0.15) is 58.8 Å². The van der Waals surface area contributed by atoms with Crippen LogP contribution in [0.2, 0.25) is 0 Å². The maximum atomic E-state index is 12.6. The first kappa shape index (κ1) is 16.7. The van der Waals surface area contributed by atoms with Gasteiger partial charge in [0.25, 0.3) is 11.8 Å². The Morgan fingerprint density at radius 1 is 1.19 bits per heavy atom. The summed E-state index contributed by atoms with van der Waals surface area (Å²) in [6, 6.07) is 11.4. The number of carbonyl (C=O) groups is 2. The molecule has 5 rings (SSSR count). The molecule has 3 N–H and O–H groups in total. The molecular weight excluding hydrogens is 330 g/mol. The van der Waals surface area contributed by atoms with Crippen molar-refractivity contribution < 1.29 is 14.3 Å². The van der Waals surface area contributed by atoms with Crippen LogP contribution >= 0.6 is 0 Å². The van der Waals surface area contributed by atoms with Crippen molar-refractivity contribution in [3.63, 3.8) is 0 Å². The number of carbonyl (C=O) groups excluding carboxylic acids is 2. The molecule has 6 nitrogen and oxygen atoms in total. The monoisotopic (exact) mass is 353 g/mol. The molecule has 1 unspecified atom stereocenters. The van der Waals surface area contributed by atoms with Gasteiger partial charge in [-0.15, -0.1) is 0 Å². The highest BCUT2D eigenvalue weighted by Crippen LogP contribution is 2.57. The van der Waals surface area contributed by atoms with Gasteiger partial charge >= 0.3 is 0 Å². The second-order valence-electron chi connectivity index (χ2n) is 7.39. The zero-order valence-electron chi connectivity index (χ0n) is 15.0. The van der Waals surface area contributed by atoms with Gasteiger partial charge in [0.1, 0.15) is 17.5 Å². The second kappa shape index (κ2) is 6.20. The highest BCUT2D eigenvalue weighted by molar-refractivity contribution is 6.00. The minimum absolute atomic E-state index is 0.0155. The topological polar surface area (TPSA) is 83.2 Å². The van der Waals surface area contributed by atoms with Crippen molar-refractivity contribution in [2.45, 2.75) is 37.8 Å². The molecule has 2 amide bonds. The molecule has 3 aliphatic carbocycles. The lowest BCUT2D eigenvalue weighted by Crippen LogP contribution is -2.68. The van der Waals surface area contributed by atoms with Gasteiger partial charge in [-0.1, -0.05) is 30.3 Å². The number of hydrogen-bond donors (Lipinski definition) is 3. The average Bonchev–Trinajstić information content (AvgIpc) is 3.00. The minimum atomic E-state index is -0.315. The Hall–Kier alpha value is -2.76. The number of ether oxygens (including phenoxy) is 1. The third kappa shape index (κ3) is 2.85. The fraction of sp³-hybridized carbons (Fsp3) is 0.400. The SMILES string of the molecule is CNC(=O)c1[nH]c(C(=O)NC23CC(C2)C3)cc1OC(C)c1ccccc1. The van der Waals surface area contributed by atoms with E-state index in [0.717, 1.165) is 30.7 Å². The highest BCUT2D eigenvalue weighted by atomic mass is 16.5. The first-order valence-corrected chi connectivity index (χ1v) is 8.99. The Morgan fingerprint density at radius 2 is 1.88 bits per heavy atom. The van der Waals surface area contributed by atoms with Gasteiger partial charge in [0.05, 0.1) is 0 Å². The van der Waals surface area contributed by atoms with Gasteiger partial charge in [-0.25, -0.2) is 0 Å². The molecule has 26 heavy (non-hydrogen) atoms. The van der Waals surface area contributed by atoms with E-state index in [-0.39, 0.29) is 29.2 Å². The third-order valence-corrected chi connectivity index (χ3v) is 5.47. The Bertz CT molecular complexity index is 826. The van der Waals surface area contributed by atoms with Crippen LogP contribution in [0.25, 0.3) is 0 Å². The molecule has 1 aromatic heterocycles. The smallest absolute Gasteiger partial charge is 0.271 e. The summed E-state index contributed by atoms with van der Waals surface area (Å²) in [4.78, 5) is 27.7. The summed E-state index contributed by atoms with van der Waals surface area (Å²) in [6.07, 6.45) is 2.95. The summed E-state index contributed by atoms with van der Waals surface area (Å²) < 4.78 is 5.99. The lowest BCUT2D eigenvalue weighted by atomic mass is 9.50. The van der Waals surface area contributed by atoms with E-state index in [0.29, 0.717) is 11.4 Å². The van der Waals surface area contributed by atoms with Crippen LogP contribution in [0.3, 0.4) is 0 Å². The molecular formula is C20H23N3O3. The molecule has 136 valence electrons. The fourth-order valence-corrected chi connectivity index (χ4v) is 3.87. The van der Waals surface area contributed by atoms with Crippen molar-refractivity contribution in [3.05, 3.63) is 53.3 Å². The van der Waals surface area contributed by atoms with E-state index < -0.39 is 0 Å². The normalized spacial score (nSPS) is 24.0. The van der Waals surface area contributed by atoms with Crippen LogP contribution in [-0.2, 0) is 0 Å². The Labute approximate surface area is 152 Å². The molecule has 3 aliphatic rings. The quantitative estimate of drug-likeness (QED) is 0.747. The summed E-state index contributed by atoms with van der Waals surface area (Å²) in [5, 5.41) is 5.68. The maximum absolute atomic E-state index is 12.6. The first-order valence-electron chi connectivity index (χ1n) is 8.99. The van der Waals surface area contributed by atoms with Crippen LogP contribution < -0.4 is 15.4 Å². The molecule has 0 radical (unpaired) electrons. The summed E-state index contributed by atoms with van der Waals surface area (Å²) >= 11 is 0. The molecule has 0 spiro atoms. The zero-order chi connectivity index (χ0) is 18.3. The van der Waals surface area contributed by atoms with E-state index in [1.54, 1.807) is 13.1 Å². The van der Waals surface area contributed by atoms with E-state index in [4.69, 9.17) is 4.74 Å². The maximum Gasteiger partial charge on any atom is 0.271 e. The molecule has 6 heteroatoms. The number of H-pyrrole nitrogens is 1. The summed E-state index contributed by atoms with van der Waals surface area (Å²) in [7, 11) is 1.55. The highest BCUT2D eigenvalue weighted by Gasteiger charge is 2.57. The van der Waals surface area contributed by atoms with Gasteiger partial charge in [0, 0.05) is 18.7 Å². The molecule has 3 fully saturated rings. The van der Waals surface area contributed by atoms with E-state index in [1.807, 2.05) is 37.3 Å². The van der Waals surface area contributed by atoms with Gasteiger partial charge < -0.3 is 20.4 Å². The van der Waals surface area contributed by atoms with Crippen molar-refractivity contribution in [2.75, 3.05) is 7.05 Å². The molecule has 1 aromatic carbocycles. The second-order valence-corrected chi connectivity index (χ2v) is 7.39. The molecule has 2 aromatic rings. The third-order valence-electron chi connectivity index (χ3n) is 5.47. The number of rotatable bonds is 6. The van der Waals surface area contributed by atoms with Crippen molar-refractivity contribution in [3.8, 4) is 5.75 Å². The molecule has 1 atom stereocenters. The largest absolute Gasteiger partial charge is 0.484 e.